The van der Waals surface area contributed by atoms with Gasteiger partial charge < -0.3 is 14.8 Å². The third-order valence-corrected chi connectivity index (χ3v) is 6.54. The van der Waals surface area contributed by atoms with Crippen LogP contribution in [0.2, 0.25) is 0 Å². The predicted octanol–water partition coefficient (Wildman–Crippen LogP) is 2.84. The molecule has 0 aliphatic rings. The van der Waals surface area contributed by atoms with Gasteiger partial charge in [-0.3, -0.25) is 4.79 Å². The zero-order valence-electron chi connectivity index (χ0n) is 18.8. The number of hydrogen-bond donors (Lipinski definition) is 1. The summed E-state index contributed by atoms with van der Waals surface area (Å²) in [6, 6.07) is 13.1. The van der Waals surface area contributed by atoms with Gasteiger partial charge in [0.2, 0.25) is 10.0 Å². The average Bonchev–Trinajstić information content (AvgIpc) is 2.77. The zero-order chi connectivity index (χ0) is 23.7. The average molecular weight is 463 g/mol. The first-order valence-electron chi connectivity index (χ1n) is 10.3. The number of ether oxygens (including phenoxy) is 2. The van der Waals surface area contributed by atoms with Gasteiger partial charge in [0.25, 0.3) is 5.91 Å². The molecule has 1 amide bonds. The van der Waals surface area contributed by atoms with E-state index in [4.69, 9.17) is 9.47 Å². The third-order valence-electron chi connectivity index (χ3n) is 4.71. The Hall–Kier alpha value is -2.91. The smallest absolute Gasteiger partial charge is 0.338 e. The number of sulfonamides is 1. The van der Waals surface area contributed by atoms with Gasteiger partial charge in [0.1, 0.15) is 10.6 Å². The lowest BCUT2D eigenvalue weighted by Gasteiger charge is -2.19. The van der Waals surface area contributed by atoms with Crippen LogP contribution in [0.15, 0.2) is 53.4 Å². The Labute approximate surface area is 189 Å². The molecule has 0 radical (unpaired) electrons. The molecule has 2 aromatic rings. The van der Waals surface area contributed by atoms with Crippen LogP contribution in [0.4, 0.5) is 0 Å². The van der Waals surface area contributed by atoms with E-state index >= 15 is 0 Å². The van der Waals surface area contributed by atoms with Crippen molar-refractivity contribution in [3.8, 4) is 5.75 Å². The van der Waals surface area contributed by atoms with Gasteiger partial charge in [0.05, 0.1) is 12.7 Å². The Bertz CT molecular complexity index is 1020. The van der Waals surface area contributed by atoms with E-state index in [0.29, 0.717) is 12.5 Å². The second kappa shape index (κ2) is 11.6. The van der Waals surface area contributed by atoms with Crippen molar-refractivity contribution in [2.24, 2.45) is 5.92 Å². The molecule has 0 fully saturated rings. The molecule has 0 saturated carbocycles. The molecule has 1 N–H and O–H groups in total. The predicted molar refractivity (Wildman–Crippen MR) is 121 cm³/mol. The fourth-order valence-corrected chi connectivity index (χ4v) is 4.20. The van der Waals surface area contributed by atoms with E-state index < -0.39 is 28.5 Å². The summed E-state index contributed by atoms with van der Waals surface area (Å²) in [4.78, 5) is 24.1. The van der Waals surface area contributed by atoms with E-state index in [-0.39, 0.29) is 22.8 Å². The van der Waals surface area contributed by atoms with Crippen molar-refractivity contribution in [1.29, 1.82) is 0 Å². The summed E-state index contributed by atoms with van der Waals surface area (Å²) >= 11 is 0. The highest BCUT2D eigenvalue weighted by Crippen LogP contribution is 2.28. The van der Waals surface area contributed by atoms with Crippen molar-refractivity contribution in [3.63, 3.8) is 0 Å². The van der Waals surface area contributed by atoms with Gasteiger partial charge in [-0.25, -0.2) is 13.2 Å². The quantitative estimate of drug-likeness (QED) is 0.515. The van der Waals surface area contributed by atoms with E-state index in [1.54, 1.807) is 0 Å². The standard InChI is InChI=1S/C23H30N2O6S/c1-17(2)12-13-24-22(26)16-31-23(27)19-10-11-20(30-4)21(14-19)32(28,29)25(3)15-18-8-6-5-7-9-18/h5-11,14,17H,12-13,15-16H2,1-4H3,(H,24,26). The van der Waals surface area contributed by atoms with Crippen molar-refractivity contribution in [1.82, 2.24) is 9.62 Å². The van der Waals surface area contributed by atoms with Crippen LogP contribution in [0.25, 0.3) is 0 Å². The summed E-state index contributed by atoms with van der Waals surface area (Å²) in [5.41, 5.74) is 0.823. The molecule has 32 heavy (non-hydrogen) atoms. The van der Waals surface area contributed by atoms with Crippen LogP contribution < -0.4 is 10.1 Å². The monoisotopic (exact) mass is 462 g/mol. The third kappa shape index (κ3) is 7.06. The van der Waals surface area contributed by atoms with Gasteiger partial charge in [0.15, 0.2) is 6.61 Å². The summed E-state index contributed by atoms with van der Waals surface area (Å²) < 4.78 is 37.7. The largest absolute Gasteiger partial charge is 0.495 e. The maximum atomic E-state index is 13.2. The van der Waals surface area contributed by atoms with Gasteiger partial charge in [-0.05, 0) is 36.1 Å². The molecular formula is C23H30N2O6S. The molecular weight excluding hydrogens is 432 g/mol. The van der Waals surface area contributed by atoms with Gasteiger partial charge in [-0.15, -0.1) is 0 Å². The highest BCUT2D eigenvalue weighted by atomic mass is 32.2. The number of carbonyl (C=O) groups excluding carboxylic acids is 2. The van der Waals surface area contributed by atoms with Crippen LogP contribution in [0.5, 0.6) is 5.75 Å². The number of carbonyl (C=O) groups is 2. The van der Waals surface area contributed by atoms with Crippen LogP contribution in [0.3, 0.4) is 0 Å². The van der Waals surface area contributed by atoms with Gasteiger partial charge in [-0.2, -0.15) is 4.31 Å². The number of rotatable bonds is 11. The summed E-state index contributed by atoms with van der Waals surface area (Å²) in [5.74, 6) is -0.665. The normalized spacial score (nSPS) is 11.4. The van der Waals surface area contributed by atoms with Gasteiger partial charge >= 0.3 is 5.97 Å². The maximum Gasteiger partial charge on any atom is 0.338 e. The topological polar surface area (TPSA) is 102 Å². The number of nitrogens with zero attached hydrogens (tertiary/aromatic N) is 1. The highest BCUT2D eigenvalue weighted by Gasteiger charge is 2.27. The van der Waals surface area contributed by atoms with Crippen LogP contribution in [0, 0.1) is 5.92 Å². The lowest BCUT2D eigenvalue weighted by molar-refractivity contribution is -0.124. The molecule has 0 aromatic heterocycles. The summed E-state index contributed by atoms with van der Waals surface area (Å²) in [6.45, 7) is 4.28. The minimum absolute atomic E-state index is 0.00691. The van der Waals surface area contributed by atoms with Gasteiger partial charge in [0, 0.05) is 20.1 Å². The lowest BCUT2D eigenvalue weighted by atomic mass is 10.1. The van der Waals surface area contributed by atoms with E-state index in [1.807, 2.05) is 44.2 Å². The molecule has 0 spiro atoms. The molecule has 0 aliphatic carbocycles. The van der Waals surface area contributed by atoms with Crippen molar-refractivity contribution in [2.75, 3.05) is 27.3 Å². The fourth-order valence-electron chi connectivity index (χ4n) is 2.86. The summed E-state index contributed by atoms with van der Waals surface area (Å²) in [7, 11) is -1.16. The zero-order valence-corrected chi connectivity index (χ0v) is 19.6. The second-order valence-corrected chi connectivity index (χ2v) is 9.73. The van der Waals surface area contributed by atoms with E-state index in [9.17, 15) is 18.0 Å². The van der Waals surface area contributed by atoms with Crippen molar-refractivity contribution in [3.05, 3.63) is 59.7 Å². The SMILES string of the molecule is COc1ccc(C(=O)OCC(=O)NCCC(C)C)cc1S(=O)(=O)N(C)Cc1ccccc1. The Kier molecular flexibility index (Phi) is 9.22. The summed E-state index contributed by atoms with van der Waals surface area (Å²) in [5, 5.41) is 2.67. The molecule has 0 heterocycles. The minimum Gasteiger partial charge on any atom is -0.495 e. The number of esters is 1. The number of amides is 1. The van der Waals surface area contributed by atoms with Crippen LogP contribution in [-0.2, 0) is 26.1 Å². The number of methoxy groups -OCH3 is 1. The summed E-state index contributed by atoms with van der Waals surface area (Å²) in [6.07, 6.45) is 0.815. The molecule has 2 aromatic carbocycles. The van der Waals surface area contributed by atoms with Crippen molar-refractivity contribution < 1.29 is 27.5 Å². The molecule has 2 rings (SSSR count). The maximum absolute atomic E-state index is 13.2. The van der Waals surface area contributed by atoms with Gasteiger partial charge in [-0.1, -0.05) is 44.2 Å². The first-order chi connectivity index (χ1) is 15.1. The van der Waals surface area contributed by atoms with Crippen LogP contribution >= 0.6 is 0 Å². The molecule has 9 heteroatoms. The van der Waals surface area contributed by atoms with Crippen molar-refractivity contribution >= 4 is 21.9 Å². The second-order valence-electron chi connectivity index (χ2n) is 7.72. The first kappa shape index (κ1) is 25.4. The molecule has 0 saturated heterocycles. The highest BCUT2D eigenvalue weighted by molar-refractivity contribution is 7.89. The van der Waals surface area contributed by atoms with Crippen molar-refractivity contribution in [2.45, 2.75) is 31.7 Å². The molecule has 0 atom stereocenters. The van der Waals surface area contributed by atoms with E-state index in [2.05, 4.69) is 5.32 Å². The number of benzene rings is 2. The molecule has 0 aliphatic heterocycles. The van der Waals surface area contributed by atoms with E-state index in [1.165, 1.54) is 36.7 Å². The van der Waals surface area contributed by atoms with Crippen LogP contribution in [0.1, 0.15) is 36.2 Å². The minimum atomic E-state index is -3.97. The van der Waals surface area contributed by atoms with Crippen LogP contribution in [-0.4, -0.2) is 51.9 Å². The fraction of sp³-hybridized carbons (Fsp3) is 0.391. The lowest BCUT2D eigenvalue weighted by Crippen LogP contribution is -2.30. The Balaban J connectivity index is 2.13. The Morgan fingerprint density at radius 1 is 1.09 bits per heavy atom. The van der Waals surface area contributed by atoms with E-state index in [0.717, 1.165) is 12.0 Å². The Morgan fingerprint density at radius 3 is 2.41 bits per heavy atom. The molecule has 8 nitrogen and oxygen atoms in total. The molecule has 0 bridgehead atoms. The Morgan fingerprint density at radius 2 is 1.78 bits per heavy atom. The number of nitrogens with one attached hydrogen (secondary N) is 1. The molecule has 174 valence electrons. The first-order valence-corrected chi connectivity index (χ1v) is 11.7. The number of hydrogen-bond acceptors (Lipinski definition) is 6. The molecule has 0 unspecified atom stereocenters.